The summed E-state index contributed by atoms with van der Waals surface area (Å²) in [7, 11) is 1.80. The van der Waals surface area contributed by atoms with Gasteiger partial charge in [-0.25, -0.2) is 14.6 Å². The molecule has 20 heavy (non-hydrogen) atoms. The van der Waals surface area contributed by atoms with Crippen LogP contribution in [0.4, 0.5) is 5.82 Å². The van der Waals surface area contributed by atoms with E-state index in [0.717, 1.165) is 29.5 Å². The highest BCUT2D eigenvalue weighted by atomic mass is 32.2. The number of tetrazole rings is 1. The number of hydrogen-bond acceptors (Lipinski definition) is 7. The van der Waals surface area contributed by atoms with E-state index in [1.807, 2.05) is 16.8 Å². The number of rotatable bonds is 5. The van der Waals surface area contributed by atoms with Gasteiger partial charge in [0.05, 0.1) is 6.20 Å². The first kappa shape index (κ1) is 12.9. The Kier molecular flexibility index (Phi) is 3.50. The summed E-state index contributed by atoms with van der Waals surface area (Å²) in [4.78, 5) is 8.91. The van der Waals surface area contributed by atoms with Gasteiger partial charge in [-0.3, -0.25) is 0 Å². The molecule has 0 saturated heterocycles. The zero-order valence-corrected chi connectivity index (χ0v) is 12.0. The predicted molar refractivity (Wildman–Crippen MR) is 74.7 cm³/mol. The van der Waals surface area contributed by atoms with Crippen LogP contribution in [0.2, 0.25) is 0 Å². The molecule has 3 aromatic rings. The monoisotopic (exact) mass is 290 g/mol. The third-order valence-electron chi connectivity index (χ3n) is 2.67. The second-order valence-electron chi connectivity index (χ2n) is 4.20. The van der Waals surface area contributed by atoms with Crippen molar-refractivity contribution in [3.63, 3.8) is 0 Å². The van der Waals surface area contributed by atoms with Crippen LogP contribution in [0, 0.1) is 0 Å². The highest BCUT2D eigenvalue weighted by molar-refractivity contribution is 7.99. The molecule has 0 aliphatic heterocycles. The summed E-state index contributed by atoms with van der Waals surface area (Å²) in [6.07, 6.45) is 6.61. The predicted octanol–water partition coefficient (Wildman–Crippen LogP) is 1.23. The van der Waals surface area contributed by atoms with Crippen LogP contribution in [-0.4, -0.2) is 41.1 Å². The lowest BCUT2D eigenvalue weighted by atomic mass is 10.5. The summed E-state index contributed by atoms with van der Waals surface area (Å²) in [5.74, 6) is 0.815. The van der Waals surface area contributed by atoms with Gasteiger partial charge in [0.25, 0.3) is 0 Å². The number of nitrogens with zero attached hydrogens (tertiary/aromatic N) is 7. The smallest absolute Gasteiger partial charge is 0.215 e. The minimum atomic E-state index is 0.676. The summed E-state index contributed by atoms with van der Waals surface area (Å²) < 4.78 is 3.55. The summed E-state index contributed by atoms with van der Waals surface area (Å²) >= 11 is 1.40. The molecule has 0 radical (unpaired) electrons. The molecule has 3 heterocycles. The van der Waals surface area contributed by atoms with Gasteiger partial charge in [-0.15, -0.1) is 5.10 Å². The average molecular weight is 290 g/mol. The normalized spacial score (nSPS) is 11.1. The lowest BCUT2D eigenvalue weighted by Crippen LogP contribution is -2.05. The molecule has 0 amide bonds. The summed E-state index contributed by atoms with van der Waals surface area (Å²) in [6.45, 7) is 2.99. The first-order chi connectivity index (χ1) is 9.78. The fourth-order valence-corrected chi connectivity index (χ4v) is 2.52. The minimum Gasteiger partial charge on any atom is -0.369 e. The molecule has 0 unspecified atom stereocenters. The number of anilines is 1. The number of hydrogen-bond donors (Lipinski definition) is 1. The molecule has 104 valence electrons. The molecule has 8 nitrogen and oxygen atoms in total. The second-order valence-corrected chi connectivity index (χ2v) is 5.16. The maximum absolute atomic E-state index is 4.59. The van der Waals surface area contributed by atoms with Crippen molar-refractivity contribution in [3.8, 4) is 0 Å². The van der Waals surface area contributed by atoms with Gasteiger partial charge in [-0.1, -0.05) is 6.92 Å². The van der Waals surface area contributed by atoms with Crippen molar-refractivity contribution in [1.82, 2.24) is 34.6 Å². The van der Waals surface area contributed by atoms with Crippen molar-refractivity contribution >= 4 is 23.2 Å². The molecule has 3 rings (SSSR count). The van der Waals surface area contributed by atoms with Gasteiger partial charge in [0.2, 0.25) is 5.16 Å². The molecule has 1 N–H and O–H groups in total. The largest absolute Gasteiger partial charge is 0.369 e. The Morgan fingerprint density at radius 2 is 2.30 bits per heavy atom. The number of nitrogens with one attached hydrogen (secondary N) is 1. The van der Waals surface area contributed by atoms with Gasteiger partial charge in [-0.2, -0.15) is 0 Å². The van der Waals surface area contributed by atoms with E-state index in [9.17, 15) is 0 Å². The molecule has 0 spiro atoms. The molecule has 9 heteroatoms. The molecule has 0 bridgehead atoms. The van der Waals surface area contributed by atoms with Crippen molar-refractivity contribution in [3.05, 3.63) is 18.6 Å². The molecular weight excluding hydrogens is 276 g/mol. The Labute approximate surface area is 119 Å². The van der Waals surface area contributed by atoms with Crippen molar-refractivity contribution < 1.29 is 0 Å². The molecular formula is C11H14N8S. The molecule has 0 atom stereocenters. The SMILES string of the molecule is CCCNc1cn2ccnc2c(Sc2nnnn2C)n1. The fourth-order valence-electron chi connectivity index (χ4n) is 1.70. The van der Waals surface area contributed by atoms with E-state index in [1.54, 1.807) is 17.9 Å². The van der Waals surface area contributed by atoms with Crippen LogP contribution in [0.15, 0.2) is 28.8 Å². The van der Waals surface area contributed by atoms with E-state index in [4.69, 9.17) is 0 Å². The molecule has 0 aromatic carbocycles. The van der Waals surface area contributed by atoms with Crippen molar-refractivity contribution in [2.45, 2.75) is 23.5 Å². The zero-order chi connectivity index (χ0) is 13.9. The van der Waals surface area contributed by atoms with Gasteiger partial charge >= 0.3 is 0 Å². The topological polar surface area (TPSA) is 85.8 Å². The molecule has 0 fully saturated rings. The van der Waals surface area contributed by atoms with Gasteiger partial charge in [0, 0.05) is 26.0 Å². The van der Waals surface area contributed by atoms with Gasteiger partial charge < -0.3 is 9.72 Å². The standard InChI is InChI=1S/C11H14N8S/c1-3-4-12-8-7-19-6-5-13-9(19)10(14-8)20-11-15-16-17-18(11)2/h5-7,12H,3-4H2,1-2H3. The Hall–Kier alpha value is -2.16. The van der Waals surface area contributed by atoms with Gasteiger partial charge in [0.15, 0.2) is 5.65 Å². The van der Waals surface area contributed by atoms with E-state index < -0.39 is 0 Å². The van der Waals surface area contributed by atoms with Crippen LogP contribution in [-0.2, 0) is 7.05 Å². The van der Waals surface area contributed by atoms with Crippen LogP contribution in [0.3, 0.4) is 0 Å². The van der Waals surface area contributed by atoms with E-state index in [-0.39, 0.29) is 0 Å². The highest BCUT2D eigenvalue weighted by Crippen LogP contribution is 2.27. The quantitative estimate of drug-likeness (QED) is 0.756. The van der Waals surface area contributed by atoms with E-state index in [1.165, 1.54) is 11.8 Å². The fraction of sp³-hybridized carbons (Fsp3) is 0.364. The lowest BCUT2D eigenvalue weighted by molar-refractivity contribution is 0.664. The van der Waals surface area contributed by atoms with Gasteiger partial charge in [-0.05, 0) is 28.6 Å². The lowest BCUT2D eigenvalue weighted by Gasteiger charge is -2.07. The number of fused-ring (bicyclic) bond motifs is 1. The molecule has 0 aliphatic rings. The van der Waals surface area contributed by atoms with Crippen LogP contribution in [0.25, 0.3) is 5.65 Å². The van der Waals surface area contributed by atoms with Crippen LogP contribution < -0.4 is 5.32 Å². The van der Waals surface area contributed by atoms with Crippen molar-refractivity contribution in [1.29, 1.82) is 0 Å². The van der Waals surface area contributed by atoms with Crippen molar-refractivity contribution in [2.75, 3.05) is 11.9 Å². The number of imidazole rings is 1. The average Bonchev–Trinajstić information content (AvgIpc) is 3.06. The maximum Gasteiger partial charge on any atom is 0.215 e. The van der Waals surface area contributed by atoms with Crippen molar-refractivity contribution in [2.24, 2.45) is 7.05 Å². The number of aromatic nitrogens is 7. The number of aryl methyl sites for hydroxylation is 1. The Balaban J connectivity index is 1.99. The third kappa shape index (κ3) is 2.44. The molecule has 0 saturated carbocycles. The summed E-state index contributed by atoms with van der Waals surface area (Å²) in [5, 5.41) is 16.1. The van der Waals surface area contributed by atoms with E-state index >= 15 is 0 Å². The highest BCUT2D eigenvalue weighted by Gasteiger charge is 2.12. The summed E-state index contributed by atoms with van der Waals surface area (Å²) in [6, 6.07) is 0. The van der Waals surface area contributed by atoms with E-state index in [0.29, 0.717) is 5.16 Å². The zero-order valence-electron chi connectivity index (χ0n) is 11.2. The Morgan fingerprint density at radius 1 is 1.40 bits per heavy atom. The van der Waals surface area contributed by atoms with Crippen LogP contribution in [0.5, 0.6) is 0 Å². The van der Waals surface area contributed by atoms with Crippen LogP contribution >= 0.6 is 11.8 Å². The Morgan fingerprint density at radius 3 is 3.05 bits per heavy atom. The minimum absolute atomic E-state index is 0.676. The second kappa shape index (κ2) is 5.45. The Bertz CT molecular complexity index is 718. The first-order valence-corrected chi connectivity index (χ1v) is 7.07. The van der Waals surface area contributed by atoms with Crippen LogP contribution in [0.1, 0.15) is 13.3 Å². The molecule has 3 aromatic heterocycles. The first-order valence-electron chi connectivity index (χ1n) is 6.25. The van der Waals surface area contributed by atoms with E-state index in [2.05, 4.69) is 37.7 Å². The maximum atomic E-state index is 4.59. The summed E-state index contributed by atoms with van der Waals surface area (Å²) in [5.41, 5.74) is 0.792. The van der Waals surface area contributed by atoms with Gasteiger partial charge in [0.1, 0.15) is 10.8 Å². The third-order valence-corrected chi connectivity index (χ3v) is 3.66. The molecule has 0 aliphatic carbocycles.